The molecule has 0 radical (unpaired) electrons. The lowest BCUT2D eigenvalue weighted by Crippen LogP contribution is -2.15. The molecule has 4 nitrogen and oxygen atoms in total. The molecule has 4 heteroatoms. The molecule has 0 aromatic carbocycles. The van der Waals surface area contributed by atoms with Gasteiger partial charge in [-0.15, -0.1) is 0 Å². The molecule has 1 heterocycles. The molecule has 0 saturated carbocycles. The summed E-state index contributed by atoms with van der Waals surface area (Å²) in [5.74, 6) is 1.04. The third kappa shape index (κ3) is 1.48. The van der Waals surface area contributed by atoms with Crippen molar-refractivity contribution in [3.63, 3.8) is 0 Å². The van der Waals surface area contributed by atoms with Gasteiger partial charge in [-0.3, -0.25) is 4.98 Å². The smallest absolute Gasteiger partial charge is 0.280 e. The van der Waals surface area contributed by atoms with Gasteiger partial charge in [0.05, 0.1) is 5.92 Å². The normalized spacial score (nSPS) is 13.0. The van der Waals surface area contributed by atoms with Crippen molar-refractivity contribution in [2.45, 2.75) is 12.8 Å². The number of hydrogen-bond donors (Lipinski definition) is 1. The fourth-order valence-corrected chi connectivity index (χ4v) is 0.633. The number of nitrogens with one attached hydrogen (secondary N) is 1. The molecule has 10 heavy (non-hydrogen) atoms. The first-order valence-electron chi connectivity index (χ1n) is 3.22. The van der Waals surface area contributed by atoms with E-state index in [0.29, 0.717) is 6.54 Å². The van der Waals surface area contributed by atoms with Crippen LogP contribution in [0.4, 0.5) is 0 Å². The van der Waals surface area contributed by atoms with E-state index in [0.717, 1.165) is 5.82 Å². The van der Waals surface area contributed by atoms with Crippen molar-refractivity contribution in [1.82, 2.24) is 9.97 Å². The van der Waals surface area contributed by atoms with Gasteiger partial charge in [-0.2, -0.15) is 0 Å². The van der Waals surface area contributed by atoms with Crippen molar-refractivity contribution >= 4 is 0 Å². The van der Waals surface area contributed by atoms with E-state index in [2.05, 4.69) is 15.0 Å². The summed E-state index contributed by atoms with van der Waals surface area (Å²) < 4.78 is 0. The zero-order valence-electron chi connectivity index (χ0n) is 5.91. The predicted molar refractivity (Wildman–Crippen MR) is 36.1 cm³/mol. The maximum Gasteiger partial charge on any atom is 0.280 e. The third-order valence-corrected chi connectivity index (χ3v) is 1.34. The largest absolute Gasteiger partial charge is 0.330 e. The van der Waals surface area contributed by atoms with E-state index in [1.807, 2.05) is 6.92 Å². The van der Waals surface area contributed by atoms with Gasteiger partial charge in [-0.25, -0.2) is 0 Å². The summed E-state index contributed by atoms with van der Waals surface area (Å²) >= 11 is 0. The molecule has 0 aliphatic carbocycles. The molecule has 1 unspecified atom stereocenters. The molecule has 0 aliphatic rings. The fourth-order valence-electron chi connectivity index (χ4n) is 0.633. The number of H-pyrrole nitrogens is 1. The molecule has 1 atom stereocenters. The van der Waals surface area contributed by atoms with Crippen molar-refractivity contribution in [2.24, 2.45) is 5.73 Å². The topological polar surface area (TPSA) is 65.9 Å². The average Bonchev–Trinajstić information content (AvgIpc) is 2.05. The van der Waals surface area contributed by atoms with E-state index in [1.54, 1.807) is 12.7 Å². The maximum absolute atomic E-state index is 5.41. The zero-order valence-corrected chi connectivity index (χ0v) is 5.91. The SMILES string of the molecule is CC(CN)c1nc[nH+]cn1. The second kappa shape index (κ2) is 3.22. The number of nitrogens with zero attached hydrogens (tertiary/aromatic N) is 2. The zero-order chi connectivity index (χ0) is 7.40. The van der Waals surface area contributed by atoms with Crippen molar-refractivity contribution in [3.05, 3.63) is 18.5 Å². The summed E-state index contributed by atoms with van der Waals surface area (Å²) in [5.41, 5.74) is 5.41. The fraction of sp³-hybridized carbons (Fsp3) is 0.500. The molecule has 0 bridgehead atoms. The van der Waals surface area contributed by atoms with Gasteiger partial charge in [0.2, 0.25) is 12.7 Å². The van der Waals surface area contributed by atoms with Crippen LogP contribution in [-0.4, -0.2) is 16.5 Å². The minimum Gasteiger partial charge on any atom is -0.330 e. The van der Waals surface area contributed by atoms with Crippen LogP contribution in [-0.2, 0) is 0 Å². The second-order valence-corrected chi connectivity index (χ2v) is 2.18. The molecular weight excluding hydrogens is 128 g/mol. The van der Waals surface area contributed by atoms with Gasteiger partial charge in [0, 0.05) is 6.54 Å². The lowest BCUT2D eigenvalue weighted by Gasteiger charge is -1.96. The molecule has 0 amide bonds. The van der Waals surface area contributed by atoms with Gasteiger partial charge in [0.25, 0.3) is 5.82 Å². The van der Waals surface area contributed by atoms with E-state index in [9.17, 15) is 0 Å². The van der Waals surface area contributed by atoms with Gasteiger partial charge in [0.1, 0.15) is 0 Å². The molecule has 3 N–H and O–H groups in total. The van der Waals surface area contributed by atoms with E-state index in [-0.39, 0.29) is 5.92 Å². The average molecular weight is 139 g/mol. The van der Waals surface area contributed by atoms with Gasteiger partial charge in [-0.1, -0.05) is 16.9 Å². The first kappa shape index (κ1) is 7.08. The highest BCUT2D eigenvalue weighted by Crippen LogP contribution is 2.03. The van der Waals surface area contributed by atoms with Crippen molar-refractivity contribution < 1.29 is 4.98 Å². The summed E-state index contributed by atoms with van der Waals surface area (Å²) in [7, 11) is 0. The molecule has 1 rings (SSSR count). The summed E-state index contributed by atoms with van der Waals surface area (Å²) in [6.45, 7) is 2.58. The monoisotopic (exact) mass is 139 g/mol. The van der Waals surface area contributed by atoms with Crippen LogP contribution in [0.25, 0.3) is 0 Å². The number of hydrogen-bond acceptors (Lipinski definition) is 3. The van der Waals surface area contributed by atoms with Crippen LogP contribution in [0.3, 0.4) is 0 Å². The van der Waals surface area contributed by atoms with Crippen LogP contribution in [0.5, 0.6) is 0 Å². The Labute approximate surface area is 59.5 Å². The Balaban J connectivity index is 2.75. The molecular formula is C6H11N4+. The number of rotatable bonds is 2. The quantitative estimate of drug-likeness (QED) is 0.592. The maximum atomic E-state index is 5.41. The lowest BCUT2D eigenvalue weighted by atomic mass is 10.2. The second-order valence-electron chi connectivity index (χ2n) is 2.18. The summed E-state index contributed by atoms with van der Waals surface area (Å²) in [4.78, 5) is 10.8. The Morgan fingerprint density at radius 3 is 2.70 bits per heavy atom. The van der Waals surface area contributed by atoms with E-state index >= 15 is 0 Å². The van der Waals surface area contributed by atoms with Crippen molar-refractivity contribution in [1.29, 1.82) is 0 Å². The molecule has 0 saturated heterocycles. The molecule has 0 aliphatic heterocycles. The van der Waals surface area contributed by atoms with E-state index < -0.39 is 0 Å². The Kier molecular flexibility index (Phi) is 2.28. The van der Waals surface area contributed by atoms with Crippen LogP contribution in [0.15, 0.2) is 12.7 Å². The minimum atomic E-state index is 0.245. The van der Waals surface area contributed by atoms with Crippen LogP contribution < -0.4 is 10.7 Å². The van der Waals surface area contributed by atoms with E-state index in [1.165, 1.54) is 0 Å². The van der Waals surface area contributed by atoms with Gasteiger partial charge >= 0.3 is 0 Å². The highest BCUT2D eigenvalue weighted by molar-refractivity contribution is 4.89. The van der Waals surface area contributed by atoms with Crippen molar-refractivity contribution in [2.75, 3.05) is 6.54 Å². The van der Waals surface area contributed by atoms with Crippen LogP contribution >= 0.6 is 0 Å². The minimum absolute atomic E-state index is 0.245. The van der Waals surface area contributed by atoms with Gasteiger partial charge in [0.15, 0.2) is 0 Å². The lowest BCUT2D eigenvalue weighted by molar-refractivity contribution is -0.388. The predicted octanol–water partition coefficient (Wildman–Crippen LogP) is -0.647. The van der Waals surface area contributed by atoms with Crippen LogP contribution in [0.1, 0.15) is 18.7 Å². The summed E-state index contributed by atoms with van der Waals surface area (Å²) in [5, 5.41) is 0. The third-order valence-electron chi connectivity index (χ3n) is 1.34. The van der Waals surface area contributed by atoms with Crippen LogP contribution in [0, 0.1) is 0 Å². The Hall–Kier alpha value is -1.03. The molecule has 0 fully saturated rings. The summed E-state index contributed by atoms with van der Waals surface area (Å²) in [6, 6.07) is 0. The first-order chi connectivity index (χ1) is 4.84. The number of nitrogens with two attached hydrogens (primary N) is 1. The number of aromatic amines is 1. The van der Waals surface area contributed by atoms with Gasteiger partial charge in [-0.05, 0) is 0 Å². The molecule has 0 spiro atoms. The standard InChI is InChI=1S/C6H10N4/c1-5(2-7)6-9-3-8-4-10-6/h3-5H,2,7H2,1H3/p+1. The Morgan fingerprint density at radius 2 is 2.20 bits per heavy atom. The highest BCUT2D eigenvalue weighted by atomic mass is 15.0. The molecule has 1 aromatic rings. The Morgan fingerprint density at radius 1 is 1.60 bits per heavy atom. The Bertz CT molecular complexity index is 186. The van der Waals surface area contributed by atoms with Crippen LogP contribution in [0.2, 0.25) is 0 Å². The number of aromatic nitrogens is 3. The van der Waals surface area contributed by atoms with Crippen molar-refractivity contribution in [3.8, 4) is 0 Å². The highest BCUT2D eigenvalue weighted by Gasteiger charge is 2.10. The first-order valence-corrected chi connectivity index (χ1v) is 3.22. The summed E-state index contributed by atoms with van der Waals surface area (Å²) in [6.07, 6.45) is 3.21. The van der Waals surface area contributed by atoms with E-state index in [4.69, 9.17) is 5.73 Å². The molecule has 54 valence electrons. The molecule has 1 aromatic heterocycles. The van der Waals surface area contributed by atoms with Gasteiger partial charge < -0.3 is 5.73 Å².